The van der Waals surface area contributed by atoms with Crippen LogP contribution in [-0.2, 0) is 16.0 Å². The predicted octanol–water partition coefficient (Wildman–Crippen LogP) is 4.21. The van der Waals surface area contributed by atoms with E-state index in [4.69, 9.17) is 4.74 Å². The first-order valence-electron chi connectivity index (χ1n) is 6.46. The van der Waals surface area contributed by atoms with E-state index in [2.05, 4.69) is 22.6 Å². The van der Waals surface area contributed by atoms with Crippen LogP contribution in [0.2, 0.25) is 0 Å². The fourth-order valence-electron chi connectivity index (χ4n) is 2.29. The van der Waals surface area contributed by atoms with Gasteiger partial charge in [-0.1, -0.05) is 60.7 Å². The van der Waals surface area contributed by atoms with Gasteiger partial charge in [-0.25, -0.2) is 0 Å². The summed E-state index contributed by atoms with van der Waals surface area (Å²) in [5.41, 5.74) is 2.11. The number of carbonyl (C=O) groups is 1. The molecule has 1 unspecified atom stereocenters. The minimum Gasteiger partial charge on any atom is -0.425 e. The first-order chi connectivity index (χ1) is 9.75. The van der Waals surface area contributed by atoms with Gasteiger partial charge >= 0.3 is 5.97 Å². The van der Waals surface area contributed by atoms with Crippen LogP contribution in [0.25, 0.3) is 5.76 Å². The normalized spacial score (nSPS) is 18.2. The van der Waals surface area contributed by atoms with Gasteiger partial charge in [-0.2, -0.15) is 0 Å². The molecular weight excluding hydrogens is 363 g/mol. The highest BCUT2D eigenvalue weighted by molar-refractivity contribution is 14.1. The van der Waals surface area contributed by atoms with Crippen LogP contribution >= 0.6 is 22.6 Å². The molecule has 0 amide bonds. The van der Waals surface area contributed by atoms with Crippen molar-refractivity contribution in [3.05, 3.63) is 75.4 Å². The van der Waals surface area contributed by atoms with Crippen molar-refractivity contribution in [3.8, 4) is 0 Å². The molecule has 0 aromatic heterocycles. The number of hydrogen-bond donors (Lipinski definition) is 0. The average molecular weight is 376 g/mol. The third-order valence-electron chi connectivity index (χ3n) is 3.33. The summed E-state index contributed by atoms with van der Waals surface area (Å²) in [5.74, 6) is 0.363. The van der Waals surface area contributed by atoms with Crippen molar-refractivity contribution in [2.45, 2.75) is 6.42 Å². The molecule has 0 spiro atoms. The number of ether oxygens (including phenoxy) is 1. The number of carbonyl (C=O) groups excluding carboxylic acids is 1. The number of cyclic esters (lactones) is 1. The smallest absolute Gasteiger partial charge is 0.319 e. The Morgan fingerprint density at radius 3 is 2.20 bits per heavy atom. The van der Waals surface area contributed by atoms with Crippen molar-refractivity contribution < 1.29 is 9.53 Å². The molecule has 2 nitrogen and oxygen atoms in total. The maximum atomic E-state index is 12.1. The highest BCUT2D eigenvalue weighted by Crippen LogP contribution is 2.39. The molecule has 2 aromatic rings. The standard InChI is InChI=1S/C17H13IO2/c18-15-14(11-12-7-3-1-4-8-12)17(19)20-16(15)13-9-5-2-6-10-13/h1-10,14H,11H2. The zero-order valence-electron chi connectivity index (χ0n) is 10.8. The van der Waals surface area contributed by atoms with E-state index in [1.807, 2.05) is 60.7 Å². The molecular formula is C17H13IO2. The van der Waals surface area contributed by atoms with Crippen molar-refractivity contribution in [2.75, 3.05) is 0 Å². The third kappa shape index (κ3) is 2.63. The summed E-state index contributed by atoms with van der Waals surface area (Å²) in [6.07, 6.45) is 0.689. The van der Waals surface area contributed by atoms with Crippen LogP contribution in [0.1, 0.15) is 11.1 Å². The third-order valence-corrected chi connectivity index (χ3v) is 4.57. The van der Waals surface area contributed by atoms with E-state index in [9.17, 15) is 4.79 Å². The van der Waals surface area contributed by atoms with Crippen molar-refractivity contribution in [1.82, 2.24) is 0 Å². The van der Waals surface area contributed by atoms with Crippen LogP contribution in [0.5, 0.6) is 0 Å². The zero-order valence-corrected chi connectivity index (χ0v) is 12.9. The fourth-order valence-corrected chi connectivity index (χ4v) is 3.19. The largest absolute Gasteiger partial charge is 0.425 e. The van der Waals surface area contributed by atoms with Gasteiger partial charge in [0.1, 0.15) is 5.76 Å². The van der Waals surface area contributed by atoms with Gasteiger partial charge in [0.15, 0.2) is 0 Å². The molecule has 3 rings (SSSR count). The van der Waals surface area contributed by atoms with Gasteiger partial charge < -0.3 is 4.74 Å². The number of hydrogen-bond acceptors (Lipinski definition) is 2. The Morgan fingerprint density at radius 1 is 0.950 bits per heavy atom. The summed E-state index contributed by atoms with van der Waals surface area (Å²) in [4.78, 5) is 12.1. The minimum atomic E-state index is -0.187. The van der Waals surface area contributed by atoms with E-state index in [0.717, 1.165) is 14.7 Å². The second-order valence-electron chi connectivity index (χ2n) is 4.71. The van der Waals surface area contributed by atoms with Crippen LogP contribution < -0.4 is 0 Å². The molecule has 0 aliphatic carbocycles. The first-order valence-corrected chi connectivity index (χ1v) is 7.54. The van der Waals surface area contributed by atoms with Crippen LogP contribution in [-0.4, -0.2) is 5.97 Å². The lowest BCUT2D eigenvalue weighted by molar-refractivity contribution is -0.137. The number of esters is 1. The molecule has 0 N–H and O–H groups in total. The Labute approximate surface area is 131 Å². The van der Waals surface area contributed by atoms with E-state index in [1.165, 1.54) is 0 Å². The van der Waals surface area contributed by atoms with Crippen molar-refractivity contribution >= 4 is 34.3 Å². The molecule has 20 heavy (non-hydrogen) atoms. The highest BCUT2D eigenvalue weighted by Gasteiger charge is 2.34. The van der Waals surface area contributed by atoms with Gasteiger partial charge in [0.05, 0.1) is 5.92 Å². The summed E-state index contributed by atoms with van der Waals surface area (Å²) in [7, 11) is 0. The highest BCUT2D eigenvalue weighted by atomic mass is 127. The number of benzene rings is 2. The van der Waals surface area contributed by atoms with E-state index in [0.29, 0.717) is 12.2 Å². The summed E-state index contributed by atoms with van der Waals surface area (Å²) >= 11 is 2.24. The summed E-state index contributed by atoms with van der Waals surface area (Å²) in [5, 5.41) is 0. The van der Waals surface area contributed by atoms with Gasteiger partial charge in [-0.3, -0.25) is 4.79 Å². The number of halogens is 1. The lowest BCUT2D eigenvalue weighted by Crippen LogP contribution is -2.12. The van der Waals surface area contributed by atoms with Gasteiger partial charge in [0, 0.05) is 9.14 Å². The van der Waals surface area contributed by atoms with Crippen LogP contribution in [0, 0.1) is 5.92 Å². The van der Waals surface area contributed by atoms with Crippen LogP contribution in [0.4, 0.5) is 0 Å². The zero-order chi connectivity index (χ0) is 13.9. The van der Waals surface area contributed by atoms with Crippen molar-refractivity contribution in [3.63, 3.8) is 0 Å². The molecule has 0 saturated carbocycles. The first kappa shape index (κ1) is 13.4. The Kier molecular flexibility index (Phi) is 3.87. The van der Waals surface area contributed by atoms with E-state index < -0.39 is 0 Å². The maximum Gasteiger partial charge on any atom is 0.319 e. The Balaban J connectivity index is 1.89. The lowest BCUT2D eigenvalue weighted by atomic mass is 9.99. The molecule has 0 saturated heterocycles. The summed E-state index contributed by atoms with van der Waals surface area (Å²) < 4.78 is 6.47. The molecule has 1 aliphatic heterocycles. The molecule has 3 heteroatoms. The second-order valence-corrected chi connectivity index (χ2v) is 5.87. The molecule has 1 aliphatic rings. The second kappa shape index (κ2) is 5.79. The van der Waals surface area contributed by atoms with Crippen molar-refractivity contribution in [2.24, 2.45) is 5.92 Å². The van der Waals surface area contributed by atoms with Gasteiger partial charge in [-0.15, -0.1) is 0 Å². The fraction of sp³-hybridized carbons (Fsp3) is 0.118. The van der Waals surface area contributed by atoms with E-state index >= 15 is 0 Å². The molecule has 1 heterocycles. The predicted molar refractivity (Wildman–Crippen MR) is 87.1 cm³/mol. The van der Waals surface area contributed by atoms with Gasteiger partial charge in [-0.05, 0) is 34.6 Å². The SMILES string of the molecule is O=C1OC(c2ccccc2)=C(I)C1Cc1ccccc1. The Morgan fingerprint density at radius 2 is 1.55 bits per heavy atom. The molecule has 1 atom stereocenters. The molecule has 0 radical (unpaired) electrons. The average Bonchev–Trinajstić information content (AvgIpc) is 2.77. The van der Waals surface area contributed by atoms with Crippen LogP contribution in [0.15, 0.2) is 64.2 Å². The molecule has 0 bridgehead atoms. The number of rotatable bonds is 3. The molecule has 100 valence electrons. The Hall–Kier alpha value is -1.62. The lowest BCUT2D eigenvalue weighted by Gasteiger charge is -2.06. The summed E-state index contributed by atoms with van der Waals surface area (Å²) in [6, 6.07) is 19.8. The molecule has 0 fully saturated rings. The van der Waals surface area contributed by atoms with Crippen molar-refractivity contribution in [1.29, 1.82) is 0 Å². The van der Waals surface area contributed by atoms with Gasteiger partial charge in [0.25, 0.3) is 0 Å². The maximum absolute atomic E-state index is 12.1. The topological polar surface area (TPSA) is 26.3 Å². The van der Waals surface area contributed by atoms with E-state index in [-0.39, 0.29) is 11.9 Å². The van der Waals surface area contributed by atoms with Gasteiger partial charge in [0.2, 0.25) is 0 Å². The quantitative estimate of drug-likeness (QED) is 0.593. The monoisotopic (exact) mass is 376 g/mol. The summed E-state index contributed by atoms with van der Waals surface area (Å²) in [6.45, 7) is 0. The van der Waals surface area contributed by atoms with E-state index in [1.54, 1.807) is 0 Å². The molecule has 2 aromatic carbocycles. The minimum absolute atomic E-state index is 0.155. The van der Waals surface area contributed by atoms with Crippen LogP contribution in [0.3, 0.4) is 0 Å². The Bertz CT molecular complexity index is 647.